The lowest BCUT2D eigenvalue weighted by molar-refractivity contribution is -0.115. The van der Waals surface area contributed by atoms with Crippen molar-refractivity contribution in [3.8, 4) is 11.5 Å². The van der Waals surface area contributed by atoms with E-state index in [0.29, 0.717) is 18.6 Å². The van der Waals surface area contributed by atoms with Crippen molar-refractivity contribution >= 4 is 62.4 Å². The van der Waals surface area contributed by atoms with Crippen LogP contribution in [0.4, 0.5) is 11.4 Å². The fourth-order valence-corrected chi connectivity index (χ4v) is 8.93. The minimum Gasteiger partial charge on any atom is -0.404 e. The summed E-state index contributed by atoms with van der Waals surface area (Å²) in [5, 5.41) is 5.61. The van der Waals surface area contributed by atoms with Crippen LogP contribution in [-0.2, 0) is 40.6 Å². The number of carbonyl (C=O) groups is 2. The molecule has 52 heavy (non-hydrogen) atoms. The number of benzene rings is 4. The number of amides is 2. The van der Waals surface area contributed by atoms with Crippen molar-refractivity contribution < 1.29 is 46.6 Å². The molecule has 2 amide bonds. The lowest BCUT2D eigenvalue weighted by atomic mass is 10.2. The van der Waals surface area contributed by atoms with Gasteiger partial charge in [-0.25, -0.2) is 9.13 Å². The van der Waals surface area contributed by atoms with Crippen molar-refractivity contribution in [2.75, 3.05) is 10.6 Å². The van der Waals surface area contributed by atoms with Crippen LogP contribution in [0.1, 0.15) is 52.7 Å². The Balaban J connectivity index is 0.000000210. The maximum atomic E-state index is 13.2. The minimum absolute atomic E-state index is 0.00362. The van der Waals surface area contributed by atoms with Crippen LogP contribution in [0.5, 0.6) is 11.5 Å². The topological polar surface area (TPSA) is 170 Å². The van der Waals surface area contributed by atoms with Crippen molar-refractivity contribution in [2.45, 2.75) is 85.2 Å². The quantitative estimate of drug-likeness (QED) is 0.113. The van der Waals surface area contributed by atoms with Gasteiger partial charge >= 0.3 is 15.6 Å². The molecule has 4 N–H and O–H groups in total. The van der Waals surface area contributed by atoms with Gasteiger partial charge in [0.1, 0.15) is 11.5 Å². The van der Waals surface area contributed by atoms with Gasteiger partial charge in [-0.15, -0.1) is 0 Å². The molecule has 0 unspecified atom stereocenters. The highest BCUT2D eigenvalue weighted by Crippen LogP contribution is 2.55. The molecule has 0 spiro atoms. The van der Waals surface area contributed by atoms with Gasteiger partial charge in [-0.3, -0.25) is 28.4 Å². The fraction of sp³-hybridized carbons (Fsp3) is 0.278. The average Bonchev–Trinajstić information content (AvgIpc) is 3.56. The average molecular weight is 787 g/mol. The van der Waals surface area contributed by atoms with Gasteiger partial charge in [0.25, 0.3) is 0 Å². The first-order chi connectivity index (χ1) is 24.2. The van der Waals surface area contributed by atoms with E-state index in [2.05, 4.69) is 15.2 Å². The number of fused-ring (bicyclic) bond motifs is 2. The van der Waals surface area contributed by atoms with Gasteiger partial charge in [-0.1, -0.05) is 23.5 Å². The normalized spacial score (nSPS) is 14.1. The van der Waals surface area contributed by atoms with Crippen molar-refractivity contribution in [2.24, 2.45) is 0 Å². The molecule has 2 aliphatic heterocycles. The first-order valence-corrected chi connectivity index (χ1v) is 20.7. The van der Waals surface area contributed by atoms with Gasteiger partial charge in [0, 0.05) is 31.0 Å². The second-order valence-corrected chi connectivity index (χ2v) is 18.7. The van der Waals surface area contributed by atoms with Crippen LogP contribution in [0.3, 0.4) is 0 Å². The Morgan fingerprint density at radius 3 is 1.31 bits per heavy atom. The molecule has 0 atom stereocenters. The molecule has 276 valence electrons. The van der Waals surface area contributed by atoms with Gasteiger partial charge in [0.15, 0.2) is 0 Å². The van der Waals surface area contributed by atoms with Crippen LogP contribution >= 0.6 is 39.2 Å². The molecule has 16 heteroatoms. The highest BCUT2D eigenvalue weighted by atomic mass is 32.2. The summed E-state index contributed by atoms with van der Waals surface area (Å²) in [4.78, 5) is 44.2. The third-order valence-corrected chi connectivity index (χ3v) is 11.2. The monoisotopic (exact) mass is 786 g/mol. The molecule has 4 aromatic rings. The van der Waals surface area contributed by atoms with Crippen molar-refractivity contribution in [1.29, 1.82) is 0 Å². The fourth-order valence-electron chi connectivity index (χ4n) is 4.94. The Labute approximate surface area is 311 Å². The van der Waals surface area contributed by atoms with Gasteiger partial charge < -0.3 is 19.7 Å². The molecule has 2 aliphatic rings. The predicted molar refractivity (Wildman–Crippen MR) is 201 cm³/mol. The van der Waals surface area contributed by atoms with Crippen LogP contribution < -0.4 is 19.7 Å². The van der Waals surface area contributed by atoms with Crippen LogP contribution in [0, 0.1) is 0 Å². The van der Waals surface area contributed by atoms with E-state index >= 15 is 0 Å². The van der Waals surface area contributed by atoms with E-state index in [9.17, 15) is 18.7 Å². The molecular formula is C36H40N2O10P2S2. The van der Waals surface area contributed by atoms with E-state index in [-0.39, 0.29) is 17.6 Å². The zero-order valence-corrected chi connectivity index (χ0v) is 32.8. The highest BCUT2D eigenvalue weighted by Gasteiger charge is 2.38. The van der Waals surface area contributed by atoms with Crippen molar-refractivity contribution in [1.82, 2.24) is 0 Å². The Hall–Kier alpha value is -3.58. The van der Waals surface area contributed by atoms with Crippen LogP contribution in [-0.4, -0.2) is 32.8 Å². The molecule has 0 radical (unpaired) electrons. The SMILES string of the molecule is CC(C)(C)OP(=O)(Oc1ccc(Sc2ccc3c(c2)CC(=O)N3)cc1)OC(C)(C)C.O=C1Cc2cc(Sc3ccc(OP(=O)(O)O)cc3)ccc2N1. The minimum atomic E-state index is -4.53. The molecule has 0 aliphatic carbocycles. The third-order valence-electron chi connectivity index (χ3n) is 6.74. The smallest absolute Gasteiger partial charge is 0.404 e. The molecule has 4 aromatic carbocycles. The first-order valence-electron chi connectivity index (χ1n) is 16.1. The maximum Gasteiger partial charge on any atom is 0.531 e. The van der Waals surface area contributed by atoms with E-state index in [4.69, 9.17) is 23.4 Å². The van der Waals surface area contributed by atoms with E-state index in [1.165, 1.54) is 23.9 Å². The van der Waals surface area contributed by atoms with Gasteiger partial charge in [0.2, 0.25) is 11.8 Å². The number of anilines is 2. The second kappa shape index (κ2) is 15.8. The van der Waals surface area contributed by atoms with Gasteiger partial charge in [-0.05, 0) is 138 Å². The summed E-state index contributed by atoms with van der Waals surface area (Å²) in [6.07, 6.45) is 0.798. The Morgan fingerprint density at radius 1 is 0.577 bits per heavy atom. The molecule has 0 fully saturated rings. The summed E-state index contributed by atoms with van der Waals surface area (Å²) in [5.41, 5.74) is 2.31. The molecule has 2 heterocycles. The molecule has 0 bridgehead atoms. The van der Waals surface area contributed by atoms with Crippen molar-refractivity contribution in [3.05, 3.63) is 96.1 Å². The Morgan fingerprint density at radius 2 is 0.942 bits per heavy atom. The summed E-state index contributed by atoms with van der Waals surface area (Å²) in [6, 6.07) is 25.3. The molecule has 0 aromatic heterocycles. The highest BCUT2D eigenvalue weighted by molar-refractivity contribution is 7.99. The lowest BCUT2D eigenvalue weighted by Crippen LogP contribution is -2.25. The molecule has 0 saturated heterocycles. The standard InChI is InChI=1S/C22H28NO5PS.C14H12NO5PS/c1-21(2,3)27-29(25,28-22(4,5)6)26-16-7-9-17(10-8-16)30-18-11-12-19-15(13-18)14-20(24)23-19;16-14-8-9-7-12(5-6-13(9)15-14)22-11-3-1-10(2-4-11)20-21(17,18)19/h7-13H,14H2,1-6H3,(H,23,24);1-7H,8H2,(H,15,16)(H2,17,18,19). The lowest BCUT2D eigenvalue weighted by Gasteiger charge is -2.30. The van der Waals surface area contributed by atoms with Gasteiger partial charge in [-0.2, -0.15) is 0 Å². The first kappa shape index (κ1) is 39.6. The van der Waals surface area contributed by atoms with E-state index < -0.39 is 26.8 Å². The molecular weight excluding hydrogens is 746 g/mol. The summed E-state index contributed by atoms with van der Waals surface area (Å²) < 4.78 is 45.5. The molecule has 0 saturated carbocycles. The number of nitrogens with one attached hydrogen (secondary N) is 2. The number of hydrogen-bond donors (Lipinski definition) is 4. The summed E-state index contributed by atoms with van der Waals surface area (Å²) in [5.74, 6) is 0.533. The number of carbonyl (C=O) groups excluding carboxylic acids is 2. The third kappa shape index (κ3) is 12.2. The zero-order valence-electron chi connectivity index (χ0n) is 29.4. The van der Waals surface area contributed by atoms with Crippen LogP contribution in [0.15, 0.2) is 105 Å². The molecule has 12 nitrogen and oxygen atoms in total. The van der Waals surface area contributed by atoms with Crippen LogP contribution in [0.2, 0.25) is 0 Å². The predicted octanol–water partition coefficient (Wildman–Crippen LogP) is 9.25. The summed E-state index contributed by atoms with van der Waals surface area (Å²) in [6.45, 7) is 10.8. The number of rotatable bonds is 10. The second-order valence-electron chi connectivity index (χ2n) is 13.8. The van der Waals surface area contributed by atoms with E-state index in [1.807, 2.05) is 48.5 Å². The van der Waals surface area contributed by atoms with Gasteiger partial charge in [0.05, 0.1) is 24.0 Å². The number of phosphoric acid groups is 2. The Bertz CT molecular complexity index is 2020. The number of hydrogen-bond acceptors (Lipinski definition) is 10. The number of phosphoric ester groups is 2. The largest absolute Gasteiger partial charge is 0.531 e. The van der Waals surface area contributed by atoms with Crippen molar-refractivity contribution in [3.63, 3.8) is 0 Å². The zero-order chi connectivity index (χ0) is 37.9. The molecule has 6 rings (SSSR count). The maximum absolute atomic E-state index is 13.2. The van der Waals surface area contributed by atoms with E-state index in [0.717, 1.165) is 42.1 Å². The Kier molecular flexibility index (Phi) is 12.0. The van der Waals surface area contributed by atoms with Crippen LogP contribution in [0.25, 0.3) is 0 Å². The summed E-state index contributed by atoms with van der Waals surface area (Å²) >= 11 is 3.07. The summed E-state index contributed by atoms with van der Waals surface area (Å²) in [7, 11) is -8.36. The van der Waals surface area contributed by atoms with E-state index in [1.54, 1.807) is 77.6 Å².